The Balaban J connectivity index is 2.23. The molecule has 0 saturated heterocycles. The van der Waals surface area contributed by atoms with E-state index in [1.807, 2.05) is 6.92 Å². The Morgan fingerprint density at radius 3 is 2.39 bits per heavy atom. The van der Waals surface area contributed by atoms with Gasteiger partial charge in [-0.2, -0.15) is 0 Å². The molecule has 0 amide bonds. The lowest BCUT2D eigenvalue weighted by Gasteiger charge is -2.08. The first kappa shape index (κ1) is 13.2. The number of hydrogen-bond donors (Lipinski definition) is 0. The van der Waals surface area contributed by atoms with Crippen molar-refractivity contribution in [2.45, 2.75) is 38.5 Å². The number of rotatable bonds is 4. The zero-order valence-corrected chi connectivity index (χ0v) is 11.7. The molecule has 2 rings (SSSR count). The molecule has 0 radical (unpaired) electrons. The topological polar surface area (TPSA) is 26.0 Å². The minimum atomic E-state index is -0.196. The van der Waals surface area contributed by atoms with Gasteiger partial charge in [0, 0.05) is 5.56 Å². The maximum Gasteiger partial charge on any atom is 0.212 e. The predicted octanol–water partition coefficient (Wildman–Crippen LogP) is 5.15. The summed E-state index contributed by atoms with van der Waals surface area (Å²) in [5, 5.41) is -0.196. The van der Waals surface area contributed by atoms with Gasteiger partial charge in [-0.3, -0.25) is 0 Å². The molecule has 0 spiro atoms. The molecule has 0 fully saturated rings. The quantitative estimate of drug-likeness (QED) is 0.713. The zero-order chi connectivity index (χ0) is 13.1. The summed E-state index contributed by atoms with van der Waals surface area (Å²) >= 11 is 5.93. The highest BCUT2D eigenvalue weighted by Crippen LogP contribution is 2.27. The van der Waals surface area contributed by atoms with Crippen LogP contribution in [-0.4, -0.2) is 4.98 Å². The van der Waals surface area contributed by atoms with Crippen molar-refractivity contribution in [3.63, 3.8) is 0 Å². The maximum absolute atomic E-state index is 5.93. The van der Waals surface area contributed by atoms with E-state index >= 15 is 0 Å². The number of aromatic nitrogens is 1. The van der Waals surface area contributed by atoms with E-state index in [9.17, 15) is 0 Å². The van der Waals surface area contributed by atoms with Crippen LogP contribution in [0, 0.1) is 0 Å². The minimum absolute atomic E-state index is 0.196. The molecule has 1 heterocycles. The van der Waals surface area contributed by atoms with Gasteiger partial charge < -0.3 is 4.42 Å². The van der Waals surface area contributed by atoms with Gasteiger partial charge in [0.2, 0.25) is 5.89 Å². The fraction of sp³-hybridized carbons (Fsp3) is 0.400. The molecule has 0 saturated carbocycles. The standard InChI is InChI=1S/C15H18ClNO/c1-4-10(2)12-5-7-13(8-6-12)14-9-17-15(18-14)11(3)16/h5-11H,4H2,1-3H3/t10-,11+/m1/s1. The molecule has 1 aromatic carbocycles. The smallest absolute Gasteiger partial charge is 0.212 e. The molecular formula is C15H18ClNO. The highest BCUT2D eigenvalue weighted by molar-refractivity contribution is 6.20. The third-order valence-electron chi connectivity index (χ3n) is 3.24. The number of benzene rings is 1. The summed E-state index contributed by atoms with van der Waals surface area (Å²) in [5.74, 6) is 1.93. The van der Waals surface area contributed by atoms with Crippen molar-refractivity contribution in [3.05, 3.63) is 41.9 Å². The Hall–Kier alpha value is -1.28. The molecule has 18 heavy (non-hydrogen) atoms. The number of halogens is 1. The number of oxazole rings is 1. The first-order chi connectivity index (χ1) is 8.61. The van der Waals surface area contributed by atoms with E-state index in [1.54, 1.807) is 6.20 Å². The van der Waals surface area contributed by atoms with Crippen LogP contribution in [0.1, 0.15) is 49.9 Å². The van der Waals surface area contributed by atoms with Gasteiger partial charge >= 0.3 is 0 Å². The molecule has 96 valence electrons. The van der Waals surface area contributed by atoms with Gasteiger partial charge in [0.1, 0.15) is 5.38 Å². The van der Waals surface area contributed by atoms with Gasteiger partial charge in [0.25, 0.3) is 0 Å². The van der Waals surface area contributed by atoms with Gasteiger partial charge in [0.15, 0.2) is 5.76 Å². The lowest BCUT2D eigenvalue weighted by Crippen LogP contribution is -1.90. The molecule has 2 nitrogen and oxygen atoms in total. The highest BCUT2D eigenvalue weighted by Gasteiger charge is 2.11. The molecule has 0 aliphatic rings. The molecular weight excluding hydrogens is 246 g/mol. The van der Waals surface area contributed by atoms with Crippen molar-refractivity contribution >= 4 is 11.6 Å². The van der Waals surface area contributed by atoms with Gasteiger partial charge in [-0.25, -0.2) is 4.98 Å². The van der Waals surface area contributed by atoms with Crippen LogP contribution in [0.5, 0.6) is 0 Å². The van der Waals surface area contributed by atoms with Crippen molar-refractivity contribution in [2.75, 3.05) is 0 Å². The molecule has 3 heteroatoms. The summed E-state index contributed by atoms with van der Waals surface area (Å²) in [7, 11) is 0. The molecule has 2 aromatic rings. The lowest BCUT2D eigenvalue weighted by molar-refractivity contribution is 0.508. The Kier molecular flexibility index (Phi) is 4.07. The largest absolute Gasteiger partial charge is 0.439 e. The van der Waals surface area contributed by atoms with Gasteiger partial charge in [-0.05, 0) is 24.8 Å². The van der Waals surface area contributed by atoms with E-state index in [0.717, 1.165) is 17.7 Å². The molecule has 1 aromatic heterocycles. The third kappa shape index (κ3) is 2.75. The first-order valence-electron chi connectivity index (χ1n) is 6.32. The Morgan fingerprint density at radius 1 is 1.22 bits per heavy atom. The van der Waals surface area contributed by atoms with Crippen molar-refractivity contribution in [1.82, 2.24) is 4.98 Å². The van der Waals surface area contributed by atoms with E-state index in [2.05, 4.69) is 43.1 Å². The van der Waals surface area contributed by atoms with Gasteiger partial charge in [0.05, 0.1) is 6.20 Å². The maximum atomic E-state index is 5.93. The van der Waals surface area contributed by atoms with E-state index in [-0.39, 0.29) is 5.38 Å². The predicted molar refractivity (Wildman–Crippen MR) is 74.9 cm³/mol. The molecule has 0 aliphatic heterocycles. The summed E-state index contributed by atoms with van der Waals surface area (Å²) in [5.41, 5.74) is 2.39. The van der Waals surface area contributed by atoms with Crippen LogP contribution >= 0.6 is 11.6 Å². The summed E-state index contributed by atoms with van der Waals surface area (Å²) in [6, 6.07) is 8.45. The highest BCUT2D eigenvalue weighted by atomic mass is 35.5. The number of hydrogen-bond acceptors (Lipinski definition) is 2. The second-order valence-electron chi connectivity index (χ2n) is 4.61. The Morgan fingerprint density at radius 2 is 1.89 bits per heavy atom. The Bertz CT molecular complexity index is 501. The monoisotopic (exact) mass is 263 g/mol. The summed E-state index contributed by atoms with van der Waals surface area (Å²) in [6.45, 7) is 6.28. The molecule has 0 bridgehead atoms. The minimum Gasteiger partial charge on any atom is -0.439 e. The second-order valence-corrected chi connectivity index (χ2v) is 5.26. The van der Waals surface area contributed by atoms with Crippen molar-refractivity contribution < 1.29 is 4.42 Å². The van der Waals surface area contributed by atoms with E-state index in [4.69, 9.17) is 16.0 Å². The van der Waals surface area contributed by atoms with E-state index < -0.39 is 0 Å². The van der Waals surface area contributed by atoms with Crippen LogP contribution in [0.4, 0.5) is 0 Å². The van der Waals surface area contributed by atoms with Crippen LogP contribution in [0.25, 0.3) is 11.3 Å². The van der Waals surface area contributed by atoms with Crippen LogP contribution in [0.2, 0.25) is 0 Å². The lowest BCUT2D eigenvalue weighted by atomic mass is 9.97. The van der Waals surface area contributed by atoms with Crippen LogP contribution in [0.15, 0.2) is 34.9 Å². The number of alkyl halides is 1. The van der Waals surface area contributed by atoms with Gasteiger partial charge in [-0.15, -0.1) is 11.6 Å². The second kappa shape index (κ2) is 5.57. The molecule has 0 unspecified atom stereocenters. The SMILES string of the molecule is CC[C@@H](C)c1ccc(-c2cnc([C@H](C)Cl)o2)cc1. The summed E-state index contributed by atoms with van der Waals surface area (Å²) < 4.78 is 5.61. The molecule has 2 atom stereocenters. The van der Waals surface area contributed by atoms with Crippen molar-refractivity contribution in [1.29, 1.82) is 0 Å². The van der Waals surface area contributed by atoms with Gasteiger partial charge in [-0.1, -0.05) is 38.1 Å². The molecule has 0 aliphatic carbocycles. The Labute approximate surface area is 113 Å². The van der Waals surface area contributed by atoms with Crippen molar-refractivity contribution in [2.24, 2.45) is 0 Å². The zero-order valence-electron chi connectivity index (χ0n) is 11.0. The summed E-state index contributed by atoms with van der Waals surface area (Å²) in [4.78, 5) is 4.17. The van der Waals surface area contributed by atoms with Crippen LogP contribution in [0.3, 0.4) is 0 Å². The fourth-order valence-electron chi connectivity index (χ4n) is 1.82. The number of nitrogens with zero attached hydrogens (tertiary/aromatic N) is 1. The van der Waals surface area contributed by atoms with Crippen LogP contribution < -0.4 is 0 Å². The summed E-state index contributed by atoms with van der Waals surface area (Å²) in [6.07, 6.45) is 2.88. The van der Waals surface area contributed by atoms with E-state index in [1.165, 1.54) is 5.56 Å². The van der Waals surface area contributed by atoms with Crippen LogP contribution in [-0.2, 0) is 0 Å². The van der Waals surface area contributed by atoms with Crippen molar-refractivity contribution in [3.8, 4) is 11.3 Å². The average Bonchev–Trinajstić information content (AvgIpc) is 2.88. The normalized spacial score (nSPS) is 14.4. The van der Waals surface area contributed by atoms with E-state index in [0.29, 0.717) is 11.8 Å². The average molecular weight is 264 g/mol. The fourth-order valence-corrected chi connectivity index (χ4v) is 1.92. The first-order valence-corrected chi connectivity index (χ1v) is 6.75. The third-order valence-corrected chi connectivity index (χ3v) is 3.43. The molecule has 0 N–H and O–H groups in total.